The number of benzene rings is 2. The molecule has 3 rings (SSSR count). The Kier molecular flexibility index (Phi) is 5.13. The van der Waals surface area contributed by atoms with Crippen LogP contribution in [-0.2, 0) is 0 Å². The highest BCUT2D eigenvalue weighted by Crippen LogP contribution is 2.33. The summed E-state index contributed by atoms with van der Waals surface area (Å²) in [5, 5.41) is 1.76. The van der Waals surface area contributed by atoms with Gasteiger partial charge in [0.25, 0.3) is 0 Å². The van der Waals surface area contributed by atoms with Crippen molar-refractivity contribution in [2.24, 2.45) is 4.99 Å². The standard InChI is InChI=1S/C22H25NO4/c1-22(2,3)23-17-13-20(14-7-9-19(25-5)21(11-14)26-6)27-18-10-8-15(24-4)12-16(17)18/h7-13H,1-6H3. The van der Waals surface area contributed by atoms with Crippen molar-refractivity contribution in [1.29, 1.82) is 0 Å². The Labute approximate surface area is 159 Å². The first-order valence-electron chi connectivity index (χ1n) is 8.75. The lowest BCUT2D eigenvalue weighted by Gasteiger charge is -2.14. The first-order chi connectivity index (χ1) is 12.8. The molecular formula is C22H25NO4. The Morgan fingerprint density at radius 2 is 1.56 bits per heavy atom. The predicted molar refractivity (Wildman–Crippen MR) is 107 cm³/mol. The van der Waals surface area contributed by atoms with Crippen molar-refractivity contribution in [3.05, 3.63) is 47.8 Å². The van der Waals surface area contributed by atoms with Gasteiger partial charge in [-0.05, 0) is 57.2 Å². The number of methoxy groups -OCH3 is 3. The number of rotatable bonds is 4. The largest absolute Gasteiger partial charge is 0.497 e. The smallest absolute Gasteiger partial charge is 0.161 e. The topological polar surface area (TPSA) is 53.2 Å². The van der Waals surface area contributed by atoms with Crippen LogP contribution in [-0.4, -0.2) is 26.9 Å². The zero-order valence-electron chi connectivity index (χ0n) is 16.6. The Morgan fingerprint density at radius 3 is 2.19 bits per heavy atom. The van der Waals surface area contributed by atoms with Gasteiger partial charge in [0.2, 0.25) is 0 Å². The van der Waals surface area contributed by atoms with E-state index in [0.29, 0.717) is 17.3 Å². The van der Waals surface area contributed by atoms with Gasteiger partial charge in [0.05, 0.1) is 32.2 Å². The second kappa shape index (κ2) is 7.35. The van der Waals surface area contributed by atoms with E-state index in [1.165, 1.54) is 0 Å². The van der Waals surface area contributed by atoms with Crippen molar-refractivity contribution in [2.75, 3.05) is 21.3 Å². The summed E-state index contributed by atoms with van der Waals surface area (Å²) in [6.45, 7) is 6.21. The normalized spacial score (nSPS) is 12.3. The van der Waals surface area contributed by atoms with Crippen molar-refractivity contribution in [1.82, 2.24) is 0 Å². The quantitative estimate of drug-likeness (QED) is 0.663. The zero-order valence-corrected chi connectivity index (χ0v) is 16.6. The van der Waals surface area contributed by atoms with Crippen LogP contribution in [0.4, 0.5) is 0 Å². The highest BCUT2D eigenvalue weighted by molar-refractivity contribution is 5.80. The summed E-state index contributed by atoms with van der Waals surface area (Å²) in [4.78, 5) is 4.89. The third-order valence-electron chi connectivity index (χ3n) is 4.07. The van der Waals surface area contributed by atoms with Gasteiger partial charge in [0.1, 0.15) is 17.1 Å². The highest BCUT2D eigenvalue weighted by Gasteiger charge is 2.13. The van der Waals surface area contributed by atoms with E-state index in [-0.39, 0.29) is 5.54 Å². The van der Waals surface area contributed by atoms with Gasteiger partial charge in [-0.3, -0.25) is 4.99 Å². The SMILES string of the molecule is COc1ccc2oc(-c3ccc(OC)c(OC)c3)cc(=NC(C)(C)C)c2c1. The summed E-state index contributed by atoms with van der Waals surface area (Å²) in [6.07, 6.45) is 0. The molecule has 0 aliphatic carbocycles. The maximum atomic E-state index is 6.16. The average molecular weight is 367 g/mol. The predicted octanol–water partition coefficient (Wildman–Crippen LogP) is 4.82. The summed E-state index contributed by atoms with van der Waals surface area (Å²) >= 11 is 0. The minimum absolute atomic E-state index is 0.230. The summed E-state index contributed by atoms with van der Waals surface area (Å²) in [7, 11) is 4.88. The third-order valence-corrected chi connectivity index (χ3v) is 4.07. The van der Waals surface area contributed by atoms with Gasteiger partial charge >= 0.3 is 0 Å². The molecule has 0 fully saturated rings. The number of nitrogens with zero attached hydrogens (tertiary/aromatic N) is 1. The van der Waals surface area contributed by atoms with E-state index in [1.807, 2.05) is 42.5 Å². The van der Waals surface area contributed by atoms with Gasteiger partial charge in [-0.2, -0.15) is 0 Å². The van der Waals surface area contributed by atoms with Gasteiger partial charge in [-0.15, -0.1) is 0 Å². The van der Waals surface area contributed by atoms with Gasteiger partial charge in [-0.1, -0.05) is 0 Å². The van der Waals surface area contributed by atoms with E-state index in [1.54, 1.807) is 21.3 Å². The molecule has 5 heteroatoms. The van der Waals surface area contributed by atoms with Gasteiger partial charge < -0.3 is 18.6 Å². The molecule has 0 spiro atoms. The fourth-order valence-corrected chi connectivity index (χ4v) is 2.86. The Balaban J connectivity index is 2.28. The van der Waals surface area contributed by atoms with Crippen LogP contribution < -0.4 is 19.6 Å². The van der Waals surface area contributed by atoms with Crippen molar-refractivity contribution < 1.29 is 18.6 Å². The molecule has 0 N–H and O–H groups in total. The molecule has 1 aromatic heterocycles. The monoisotopic (exact) mass is 367 g/mol. The molecule has 2 aromatic carbocycles. The van der Waals surface area contributed by atoms with Crippen LogP contribution in [0.1, 0.15) is 20.8 Å². The van der Waals surface area contributed by atoms with Crippen molar-refractivity contribution in [2.45, 2.75) is 26.3 Å². The second-order valence-corrected chi connectivity index (χ2v) is 7.21. The molecule has 0 saturated heterocycles. The minimum atomic E-state index is -0.230. The number of hydrogen-bond acceptors (Lipinski definition) is 5. The molecule has 0 saturated carbocycles. The average Bonchev–Trinajstić information content (AvgIpc) is 2.65. The van der Waals surface area contributed by atoms with E-state index in [9.17, 15) is 0 Å². The molecule has 3 aromatic rings. The van der Waals surface area contributed by atoms with Crippen LogP contribution in [0.2, 0.25) is 0 Å². The molecule has 27 heavy (non-hydrogen) atoms. The van der Waals surface area contributed by atoms with Crippen molar-refractivity contribution >= 4 is 11.0 Å². The van der Waals surface area contributed by atoms with E-state index < -0.39 is 0 Å². The minimum Gasteiger partial charge on any atom is -0.497 e. The fraction of sp³-hybridized carbons (Fsp3) is 0.318. The third kappa shape index (κ3) is 4.08. The van der Waals surface area contributed by atoms with Crippen LogP contribution in [0.25, 0.3) is 22.3 Å². The summed E-state index contributed by atoms with van der Waals surface area (Å²) < 4.78 is 22.3. The molecule has 1 heterocycles. The highest BCUT2D eigenvalue weighted by atomic mass is 16.5. The lowest BCUT2D eigenvalue weighted by atomic mass is 10.1. The zero-order chi connectivity index (χ0) is 19.6. The van der Waals surface area contributed by atoms with Gasteiger partial charge in [0, 0.05) is 17.0 Å². The summed E-state index contributed by atoms with van der Waals surface area (Å²) in [6, 6.07) is 13.4. The Bertz CT molecular complexity index is 1030. The molecule has 0 radical (unpaired) electrons. The molecule has 0 aliphatic rings. The van der Waals surface area contributed by atoms with Crippen molar-refractivity contribution in [3.63, 3.8) is 0 Å². The van der Waals surface area contributed by atoms with Gasteiger partial charge in [-0.25, -0.2) is 0 Å². The maximum absolute atomic E-state index is 6.16. The van der Waals surface area contributed by atoms with Gasteiger partial charge in [0.15, 0.2) is 11.5 Å². The van der Waals surface area contributed by atoms with Crippen LogP contribution in [0.15, 0.2) is 51.9 Å². The van der Waals surface area contributed by atoms with E-state index in [0.717, 1.165) is 27.6 Å². The number of fused-ring (bicyclic) bond motifs is 1. The van der Waals surface area contributed by atoms with Crippen molar-refractivity contribution in [3.8, 4) is 28.6 Å². The van der Waals surface area contributed by atoms with E-state index in [2.05, 4.69) is 20.8 Å². The molecule has 5 nitrogen and oxygen atoms in total. The molecular weight excluding hydrogens is 342 g/mol. The van der Waals surface area contributed by atoms with Crippen LogP contribution >= 0.6 is 0 Å². The first kappa shape index (κ1) is 18.8. The molecule has 0 amide bonds. The van der Waals surface area contributed by atoms with Crippen LogP contribution in [0.5, 0.6) is 17.2 Å². The molecule has 0 atom stereocenters. The molecule has 142 valence electrons. The molecule has 0 aliphatic heterocycles. The number of ether oxygens (including phenoxy) is 3. The lowest BCUT2D eigenvalue weighted by Crippen LogP contribution is -2.17. The summed E-state index contributed by atoms with van der Waals surface area (Å²) in [5.74, 6) is 2.79. The van der Waals surface area contributed by atoms with Crippen LogP contribution in [0.3, 0.4) is 0 Å². The van der Waals surface area contributed by atoms with Crippen LogP contribution in [0, 0.1) is 0 Å². The first-order valence-corrected chi connectivity index (χ1v) is 8.75. The molecule has 0 unspecified atom stereocenters. The second-order valence-electron chi connectivity index (χ2n) is 7.21. The summed E-state index contributed by atoms with van der Waals surface area (Å²) in [5.41, 5.74) is 1.40. The van der Waals surface area contributed by atoms with E-state index in [4.69, 9.17) is 23.6 Å². The Hall–Kier alpha value is -2.95. The molecule has 0 bridgehead atoms. The van der Waals surface area contributed by atoms with E-state index >= 15 is 0 Å². The number of hydrogen-bond donors (Lipinski definition) is 0. The maximum Gasteiger partial charge on any atom is 0.161 e. The fourth-order valence-electron chi connectivity index (χ4n) is 2.86. The lowest BCUT2D eigenvalue weighted by molar-refractivity contribution is 0.355. The Morgan fingerprint density at radius 1 is 0.815 bits per heavy atom.